The van der Waals surface area contributed by atoms with E-state index >= 15 is 0 Å². The lowest BCUT2D eigenvalue weighted by Crippen LogP contribution is -2.35. The lowest BCUT2D eigenvalue weighted by molar-refractivity contribution is 0.0951. The summed E-state index contributed by atoms with van der Waals surface area (Å²) in [5.41, 5.74) is 2.14. The third kappa shape index (κ3) is 4.83. The van der Waals surface area contributed by atoms with Crippen molar-refractivity contribution in [3.63, 3.8) is 0 Å². The smallest absolute Gasteiger partial charge is 0.257 e. The molecule has 2 aliphatic rings. The van der Waals surface area contributed by atoms with Crippen molar-refractivity contribution in [1.82, 2.24) is 24.9 Å². The summed E-state index contributed by atoms with van der Waals surface area (Å²) < 4.78 is 13.6. The van der Waals surface area contributed by atoms with Crippen LogP contribution in [0, 0.1) is 12.8 Å². The highest BCUT2D eigenvalue weighted by Gasteiger charge is 2.26. The fourth-order valence-electron chi connectivity index (χ4n) is 4.24. The van der Waals surface area contributed by atoms with Crippen molar-refractivity contribution in [2.24, 2.45) is 5.92 Å². The van der Waals surface area contributed by atoms with Crippen molar-refractivity contribution < 1.29 is 9.26 Å². The van der Waals surface area contributed by atoms with Crippen molar-refractivity contribution in [2.45, 2.75) is 63.1 Å². The van der Waals surface area contributed by atoms with Crippen LogP contribution in [0.15, 0.2) is 33.9 Å². The highest BCUT2D eigenvalue weighted by atomic mass is 32.2. The summed E-state index contributed by atoms with van der Waals surface area (Å²) >= 11 is 1.60. The maximum absolute atomic E-state index is 5.92. The normalized spacial score (nSPS) is 19.7. The molecule has 4 heterocycles. The van der Waals surface area contributed by atoms with Crippen LogP contribution >= 0.6 is 11.8 Å². The van der Waals surface area contributed by atoms with Gasteiger partial charge in [-0.15, -0.1) is 10.2 Å². The molecule has 0 amide bonds. The Labute approximate surface area is 192 Å². The Bertz CT molecular complexity index is 1020. The topological polar surface area (TPSA) is 82.1 Å². The number of rotatable bonds is 7. The molecule has 8 nitrogen and oxygen atoms in total. The first kappa shape index (κ1) is 21.5. The first-order chi connectivity index (χ1) is 15.7. The van der Waals surface area contributed by atoms with Gasteiger partial charge >= 0.3 is 0 Å². The Morgan fingerprint density at radius 1 is 1.09 bits per heavy atom. The van der Waals surface area contributed by atoms with Crippen molar-refractivity contribution in [3.8, 4) is 11.5 Å². The van der Waals surface area contributed by atoms with E-state index < -0.39 is 0 Å². The summed E-state index contributed by atoms with van der Waals surface area (Å²) in [7, 11) is 0. The average Bonchev–Trinajstić information content (AvgIpc) is 3.56. The minimum Gasteiger partial charge on any atom is -0.376 e. The molecule has 0 radical (unpaired) electrons. The Balaban J connectivity index is 1.31. The van der Waals surface area contributed by atoms with Gasteiger partial charge in [0.2, 0.25) is 5.95 Å². The van der Waals surface area contributed by atoms with Crippen LogP contribution in [0.4, 0.5) is 5.95 Å². The van der Waals surface area contributed by atoms with Gasteiger partial charge in [0.25, 0.3) is 5.89 Å². The lowest BCUT2D eigenvalue weighted by Gasteiger charge is -2.31. The number of piperidine rings is 1. The third-order valence-electron chi connectivity index (χ3n) is 6.27. The molecule has 1 atom stereocenters. The molecule has 0 bridgehead atoms. The summed E-state index contributed by atoms with van der Waals surface area (Å²) in [4.78, 5) is 6.94. The summed E-state index contributed by atoms with van der Waals surface area (Å²) in [5.74, 6) is 3.52. The monoisotopic (exact) mass is 454 g/mol. The number of thioether (sulfide) groups is 1. The molecule has 2 aliphatic heterocycles. The minimum absolute atomic E-state index is 0.228. The highest BCUT2D eigenvalue weighted by molar-refractivity contribution is 7.98. The van der Waals surface area contributed by atoms with E-state index in [2.05, 4.69) is 43.7 Å². The fraction of sp³-hybridized carbons (Fsp3) is 0.565. The van der Waals surface area contributed by atoms with Crippen molar-refractivity contribution in [2.75, 3.05) is 24.6 Å². The molecule has 0 saturated carbocycles. The molecule has 0 spiro atoms. The number of hydrogen-bond donors (Lipinski definition) is 0. The van der Waals surface area contributed by atoms with E-state index in [1.807, 2.05) is 24.3 Å². The number of aryl methyl sites for hydroxylation is 1. The molecular weight excluding hydrogens is 424 g/mol. The molecule has 1 unspecified atom stereocenters. The number of anilines is 1. The second kappa shape index (κ2) is 9.62. The predicted octanol–water partition coefficient (Wildman–Crippen LogP) is 4.34. The number of benzene rings is 1. The molecule has 0 N–H and O–H groups in total. The molecule has 1 aromatic carbocycles. The Morgan fingerprint density at radius 2 is 1.91 bits per heavy atom. The SMILES string of the molecule is Cc1ccc(-c2nc(CSc3nnc(N4CCC(C)CC4)n3CC3CCCO3)no2)cc1. The van der Waals surface area contributed by atoms with Crippen molar-refractivity contribution >= 4 is 17.7 Å². The van der Waals surface area contributed by atoms with Crippen LogP contribution in [0.25, 0.3) is 11.5 Å². The van der Waals surface area contributed by atoms with Gasteiger partial charge in [-0.25, -0.2) is 0 Å². The zero-order valence-electron chi connectivity index (χ0n) is 18.7. The molecule has 2 fully saturated rings. The van der Waals surface area contributed by atoms with Gasteiger partial charge < -0.3 is 14.2 Å². The summed E-state index contributed by atoms with van der Waals surface area (Å²) in [6, 6.07) is 8.10. The number of nitrogens with zero attached hydrogens (tertiary/aromatic N) is 6. The van der Waals surface area contributed by atoms with E-state index in [0.29, 0.717) is 17.5 Å². The molecule has 170 valence electrons. The van der Waals surface area contributed by atoms with Crippen molar-refractivity contribution in [3.05, 3.63) is 35.7 Å². The molecule has 5 rings (SSSR count). The molecular formula is C23H30N6O2S. The van der Waals surface area contributed by atoms with Crippen LogP contribution < -0.4 is 4.90 Å². The van der Waals surface area contributed by atoms with Gasteiger partial charge in [0.05, 0.1) is 18.4 Å². The highest BCUT2D eigenvalue weighted by Crippen LogP contribution is 2.29. The van der Waals surface area contributed by atoms with Gasteiger partial charge in [-0.3, -0.25) is 4.57 Å². The quantitative estimate of drug-likeness (QED) is 0.488. The van der Waals surface area contributed by atoms with Gasteiger partial charge in [-0.2, -0.15) is 4.98 Å². The van der Waals surface area contributed by atoms with E-state index in [9.17, 15) is 0 Å². The van der Waals surface area contributed by atoms with E-state index in [1.165, 1.54) is 18.4 Å². The lowest BCUT2D eigenvalue weighted by atomic mass is 10.00. The number of aromatic nitrogens is 5. The number of hydrogen-bond acceptors (Lipinski definition) is 8. The first-order valence-corrected chi connectivity index (χ1v) is 12.5. The van der Waals surface area contributed by atoms with Crippen LogP contribution in [0.5, 0.6) is 0 Å². The molecule has 3 aromatic rings. The third-order valence-corrected chi connectivity index (χ3v) is 7.23. The second-order valence-corrected chi connectivity index (χ2v) is 9.81. The minimum atomic E-state index is 0.228. The van der Waals surface area contributed by atoms with E-state index in [1.54, 1.807) is 11.8 Å². The Morgan fingerprint density at radius 3 is 2.66 bits per heavy atom. The van der Waals surface area contributed by atoms with E-state index in [-0.39, 0.29) is 6.10 Å². The van der Waals surface area contributed by atoms with Gasteiger partial charge in [-0.1, -0.05) is 41.5 Å². The van der Waals surface area contributed by atoms with E-state index in [4.69, 9.17) is 9.26 Å². The number of ether oxygens (including phenoxy) is 1. The average molecular weight is 455 g/mol. The maximum atomic E-state index is 5.92. The van der Waals surface area contributed by atoms with Gasteiger partial charge in [-0.05, 0) is 50.7 Å². The molecule has 0 aliphatic carbocycles. The second-order valence-electron chi connectivity index (χ2n) is 8.87. The fourth-order valence-corrected chi connectivity index (χ4v) is 5.02. The summed E-state index contributed by atoms with van der Waals surface area (Å²) in [6.07, 6.45) is 4.82. The summed E-state index contributed by atoms with van der Waals surface area (Å²) in [5, 5.41) is 14.2. The molecule has 2 saturated heterocycles. The Hall–Kier alpha value is -2.39. The zero-order chi connectivity index (χ0) is 21.9. The van der Waals surface area contributed by atoms with Crippen LogP contribution in [-0.2, 0) is 17.0 Å². The van der Waals surface area contributed by atoms with Crippen LogP contribution in [0.1, 0.15) is 44.0 Å². The molecule has 9 heteroatoms. The van der Waals surface area contributed by atoms with Crippen LogP contribution in [0.3, 0.4) is 0 Å². The van der Waals surface area contributed by atoms with E-state index in [0.717, 1.165) is 61.7 Å². The molecule has 2 aromatic heterocycles. The first-order valence-electron chi connectivity index (χ1n) is 11.5. The zero-order valence-corrected chi connectivity index (χ0v) is 19.6. The van der Waals surface area contributed by atoms with Gasteiger partial charge in [0, 0.05) is 25.3 Å². The standard InChI is InChI=1S/C23H30N6O2S/c1-16-5-7-18(8-6-16)21-24-20(27-31-21)15-32-23-26-25-22(28-11-9-17(2)10-12-28)29(23)14-19-4-3-13-30-19/h5-8,17,19H,3-4,9-15H2,1-2H3. The largest absolute Gasteiger partial charge is 0.376 e. The van der Waals surface area contributed by atoms with Crippen LogP contribution in [-0.4, -0.2) is 50.7 Å². The molecule has 32 heavy (non-hydrogen) atoms. The Kier molecular flexibility index (Phi) is 6.45. The predicted molar refractivity (Wildman–Crippen MR) is 124 cm³/mol. The summed E-state index contributed by atoms with van der Waals surface area (Å²) in [6.45, 7) is 8.07. The van der Waals surface area contributed by atoms with Crippen molar-refractivity contribution in [1.29, 1.82) is 0 Å². The van der Waals surface area contributed by atoms with Gasteiger partial charge in [0.15, 0.2) is 11.0 Å². The maximum Gasteiger partial charge on any atom is 0.257 e. The van der Waals surface area contributed by atoms with Crippen LogP contribution in [0.2, 0.25) is 0 Å². The van der Waals surface area contributed by atoms with Gasteiger partial charge in [0.1, 0.15) is 0 Å².